The molecule has 0 unspecified atom stereocenters. The molecule has 1 fully saturated rings. The Bertz CT molecular complexity index is 1320. The largest absolute Gasteiger partial charge is 0.376 e. The van der Waals surface area contributed by atoms with Crippen LogP contribution in [0.25, 0.3) is 10.9 Å². The molecule has 2 N–H and O–H groups in total. The Labute approximate surface area is 190 Å². The molecular weight excluding hydrogens is 454 g/mol. The van der Waals surface area contributed by atoms with E-state index in [9.17, 15) is 18.0 Å². The van der Waals surface area contributed by atoms with Gasteiger partial charge in [-0.25, -0.2) is 8.42 Å². The molecule has 0 radical (unpaired) electrons. The van der Waals surface area contributed by atoms with Gasteiger partial charge in [-0.15, -0.1) is 0 Å². The fourth-order valence-corrected chi connectivity index (χ4v) is 4.93. The molecule has 4 rings (SSSR count). The van der Waals surface area contributed by atoms with Gasteiger partial charge >= 0.3 is 0 Å². The molecule has 0 saturated carbocycles. The van der Waals surface area contributed by atoms with Crippen LogP contribution in [-0.2, 0) is 14.8 Å². The zero-order chi connectivity index (χ0) is 22.9. The van der Waals surface area contributed by atoms with Crippen LogP contribution in [0.15, 0.2) is 58.4 Å². The van der Waals surface area contributed by atoms with Crippen molar-refractivity contribution in [2.45, 2.75) is 23.8 Å². The summed E-state index contributed by atoms with van der Waals surface area (Å²) in [4.78, 5) is 28.4. The number of fused-ring (bicyclic) bond motifs is 1. The van der Waals surface area contributed by atoms with Crippen LogP contribution < -0.4 is 15.1 Å². The number of nitrogens with zero attached hydrogens (tertiary/aromatic N) is 1. The number of H-pyrrole nitrogens is 1. The molecule has 0 aliphatic carbocycles. The van der Waals surface area contributed by atoms with Gasteiger partial charge in [0.2, 0.25) is 5.43 Å². The Morgan fingerprint density at radius 1 is 1.25 bits per heavy atom. The molecule has 10 heteroatoms. The number of aromatic nitrogens is 1. The molecule has 3 aromatic rings. The Morgan fingerprint density at radius 2 is 2.00 bits per heavy atom. The van der Waals surface area contributed by atoms with Crippen molar-refractivity contribution in [1.29, 1.82) is 0 Å². The van der Waals surface area contributed by atoms with Gasteiger partial charge in [-0.3, -0.25) is 13.9 Å². The number of pyridine rings is 1. The zero-order valence-electron chi connectivity index (χ0n) is 17.3. The highest BCUT2D eigenvalue weighted by atomic mass is 35.5. The molecule has 1 saturated heterocycles. The normalized spacial score (nSPS) is 16.2. The van der Waals surface area contributed by atoms with Gasteiger partial charge in [-0.2, -0.15) is 0 Å². The summed E-state index contributed by atoms with van der Waals surface area (Å²) in [6.45, 7) is 0.982. The second-order valence-electron chi connectivity index (χ2n) is 7.53. The molecular formula is C22H22ClN3O5S. The monoisotopic (exact) mass is 475 g/mol. The Morgan fingerprint density at radius 3 is 2.69 bits per heavy atom. The zero-order valence-corrected chi connectivity index (χ0v) is 18.9. The van der Waals surface area contributed by atoms with E-state index in [1.54, 1.807) is 24.3 Å². The second kappa shape index (κ2) is 8.93. The Kier molecular flexibility index (Phi) is 6.23. The fraction of sp³-hybridized carbons (Fsp3) is 0.273. The summed E-state index contributed by atoms with van der Waals surface area (Å²) in [7, 11) is -2.53. The van der Waals surface area contributed by atoms with Crippen LogP contribution in [0.1, 0.15) is 23.2 Å². The van der Waals surface area contributed by atoms with E-state index in [4.69, 9.17) is 16.3 Å². The lowest BCUT2D eigenvalue weighted by Gasteiger charge is -2.19. The van der Waals surface area contributed by atoms with Gasteiger partial charge in [0.15, 0.2) is 0 Å². The Balaban J connectivity index is 1.65. The van der Waals surface area contributed by atoms with Crippen molar-refractivity contribution in [3.63, 3.8) is 0 Å². The maximum absolute atomic E-state index is 13.1. The van der Waals surface area contributed by atoms with Gasteiger partial charge in [-0.05, 0) is 55.3 Å². The number of carbonyl (C=O) groups excluding carboxylic acids is 1. The predicted molar refractivity (Wildman–Crippen MR) is 123 cm³/mol. The van der Waals surface area contributed by atoms with Crippen molar-refractivity contribution in [3.8, 4) is 0 Å². The van der Waals surface area contributed by atoms with Crippen LogP contribution in [0.4, 0.5) is 5.69 Å². The fourth-order valence-electron chi connectivity index (χ4n) is 3.58. The van der Waals surface area contributed by atoms with Gasteiger partial charge in [0.25, 0.3) is 15.9 Å². The van der Waals surface area contributed by atoms with Gasteiger partial charge in [0.05, 0.1) is 16.7 Å². The number of sulfonamides is 1. The third-order valence-corrected chi connectivity index (χ3v) is 7.49. The van der Waals surface area contributed by atoms with Gasteiger partial charge in [0.1, 0.15) is 5.56 Å². The number of aromatic amines is 1. The molecule has 1 amide bonds. The highest BCUT2D eigenvalue weighted by Crippen LogP contribution is 2.25. The van der Waals surface area contributed by atoms with Crippen molar-refractivity contribution < 1.29 is 17.9 Å². The molecule has 1 aromatic heterocycles. The van der Waals surface area contributed by atoms with Crippen molar-refractivity contribution in [1.82, 2.24) is 10.3 Å². The first-order valence-electron chi connectivity index (χ1n) is 10.1. The lowest BCUT2D eigenvalue weighted by molar-refractivity contribution is 0.0857. The topological polar surface area (TPSA) is 109 Å². The van der Waals surface area contributed by atoms with Crippen LogP contribution in [0.5, 0.6) is 0 Å². The van der Waals surface area contributed by atoms with Crippen molar-refractivity contribution >= 4 is 44.1 Å². The van der Waals surface area contributed by atoms with Crippen molar-refractivity contribution in [2.75, 3.05) is 24.5 Å². The number of hydrogen-bond acceptors (Lipinski definition) is 5. The van der Waals surface area contributed by atoms with E-state index < -0.39 is 21.4 Å². The molecule has 1 aliphatic rings. The number of halogens is 1. The van der Waals surface area contributed by atoms with Gasteiger partial charge < -0.3 is 15.0 Å². The number of amides is 1. The predicted octanol–water partition coefficient (Wildman–Crippen LogP) is 2.92. The minimum atomic E-state index is -3.95. The van der Waals surface area contributed by atoms with Crippen LogP contribution in [0.3, 0.4) is 0 Å². The minimum Gasteiger partial charge on any atom is -0.376 e. The highest BCUT2D eigenvalue weighted by molar-refractivity contribution is 7.92. The average molecular weight is 476 g/mol. The number of nitrogens with one attached hydrogen (secondary N) is 2. The standard InChI is InChI=1S/C22H22ClN3O5S/c1-26(15-6-4-14(23)5-7-15)32(29,30)17-8-9-20-18(11-17)21(27)19(13-24-20)22(28)25-12-16-3-2-10-31-16/h4-9,11,13,16H,2-3,10,12H2,1H3,(H,24,27)(H,25,28)/t16-/m1/s1. The van der Waals surface area contributed by atoms with E-state index in [1.807, 2.05) is 0 Å². The summed E-state index contributed by atoms with van der Waals surface area (Å²) in [5, 5.41) is 3.31. The van der Waals surface area contributed by atoms with E-state index in [0.29, 0.717) is 29.4 Å². The molecule has 0 spiro atoms. The number of hydrogen-bond donors (Lipinski definition) is 2. The van der Waals surface area contributed by atoms with Crippen LogP contribution in [0.2, 0.25) is 5.02 Å². The summed E-state index contributed by atoms with van der Waals surface area (Å²) in [5.74, 6) is -0.532. The smallest absolute Gasteiger partial charge is 0.264 e. The maximum atomic E-state index is 13.1. The third-order valence-electron chi connectivity index (χ3n) is 5.46. The van der Waals surface area contributed by atoms with Crippen molar-refractivity contribution in [3.05, 3.63) is 69.5 Å². The first-order chi connectivity index (χ1) is 15.3. The summed E-state index contributed by atoms with van der Waals surface area (Å²) in [6.07, 6.45) is 3.08. The lowest BCUT2D eigenvalue weighted by Crippen LogP contribution is -2.34. The van der Waals surface area contributed by atoms with Gasteiger partial charge in [-0.1, -0.05) is 11.6 Å². The van der Waals surface area contributed by atoms with Crippen LogP contribution >= 0.6 is 11.6 Å². The second-order valence-corrected chi connectivity index (χ2v) is 9.94. The van der Waals surface area contributed by atoms with Crippen LogP contribution in [0, 0.1) is 0 Å². The average Bonchev–Trinajstić information content (AvgIpc) is 3.31. The summed E-state index contributed by atoms with van der Waals surface area (Å²) >= 11 is 5.88. The van der Waals surface area contributed by atoms with E-state index in [2.05, 4.69) is 10.3 Å². The molecule has 2 aromatic carbocycles. The van der Waals surface area contributed by atoms with Crippen LogP contribution in [-0.4, -0.2) is 45.6 Å². The number of carbonyl (C=O) groups is 1. The molecule has 168 valence electrons. The summed E-state index contributed by atoms with van der Waals surface area (Å²) in [6, 6.07) is 10.6. The lowest BCUT2D eigenvalue weighted by atomic mass is 10.1. The molecule has 8 nitrogen and oxygen atoms in total. The molecule has 1 atom stereocenters. The Hall–Kier alpha value is -2.88. The van der Waals surface area contributed by atoms with Gasteiger partial charge in [0, 0.05) is 42.3 Å². The molecule has 0 bridgehead atoms. The quantitative estimate of drug-likeness (QED) is 0.569. The van der Waals surface area contributed by atoms with E-state index in [1.165, 1.54) is 31.4 Å². The first kappa shape index (κ1) is 22.3. The highest BCUT2D eigenvalue weighted by Gasteiger charge is 2.23. The minimum absolute atomic E-state index is 0.0568. The van der Waals surface area contributed by atoms with E-state index in [-0.39, 0.29) is 21.9 Å². The number of rotatable bonds is 6. The summed E-state index contributed by atoms with van der Waals surface area (Å²) < 4.78 is 32.8. The summed E-state index contributed by atoms with van der Waals surface area (Å²) in [5.41, 5.74) is 0.218. The SMILES string of the molecule is CN(c1ccc(Cl)cc1)S(=O)(=O)c1ccc2[nH]cc(C(=O)NC[C@H]3CCCO3)c(=O)c2c1. The number of anilines is 1. The molecule has 2 heterocycles. The molecule has 1 aliphatic heterocycles. The third kappa shape index (κ3) is 4.36. The molecule has 32 heavy (non-hydrogen) atoms. The maximum Gasteiger partial charge on any atom is 0.264 e. The number of ether oxygens (including phenoxy) is 1. The number of benzene rings is 2. The van der Waals surface area contributed by atoms with E-state index >= 15 is 0 Å². The van der Waals surface area contributed by atoms with Crippen molar-refractivity contribution in [2.24, 2.45) is 0 Å². The van der Waals surface area contributed by atoms with E-state index in [0.717, 1.165) is 17.1 Å². The first-order valence-corrected chi connectivity index (χ1v) is 11.9.